The molecule has 0 radical (unpaired) electrons. The highest BCUT2D eigenvalue weighted by atomic mass is 16.8. The lowest BCUT2D eigenvalue weighted by molar-refractivity contribution is -0.369. The first-order valence-corrected chi connectivity index (χ1v) is 27.0. The minimum Gasteiger partial charge on any atom is -0.467 e. The Kier molecular flexibility index (Phi) is 15.8. The van der Waals surface area contributed by atoms with Gasteiger partial charge in [-0.25, -0.2) is 4.79 Å². The van der Waals surface area contributed by atoms with E-state index < -0.39 is 164 Å². The van der Waals surface area contributed by atoms with Crippen molar-refractivity contribution >= 4 is 11.9 Å². The van der Waals surface area contributed by atoms with Crippen LogP contribution < -0.4 is 0 Å². The molecule has 0 aromatic carbocycles. The van der Waals surface area contributed by atoms with E-state index in [0.717, 1.165) is 31.9 Å². The van der Waals surface area contributed by atoms with E-state index in [0.29, 0.717) is 25.7 Å². The minimum atomic E-state index is -1.87. The standard InChI is InChI=1S/C53H84O22/c1-22-39(72-43-36(62)31(57)25(54)20-68-43)35(61)38(64)44(70-22)74-41-32(58)26(55)21-69-46(41)75-47(66)53-17-16-48(2,3)18-24(53)23-10-11-28-50(6)14-13-30(71-45-37(63)33(59)34(60)40(73-45)42(65)67-9)49(4,5)27(50)12-15-51(28,7)52(23,8)19-29(53)56/h10,22,24-41,43-46,54-64H,11-21H2,1-9H3/t22-,24-,25+,26-,27-,28+,29+,30-,31-,32-,33-,34-,35-,36+,37+,38+,39-,40-,41+,43-,44-,45+,46-,50-,51+,52+,53+/m0/s1. The fourth-order valence-corrected chi connectivity index (χ4v) is 16.1. The Morgan fingerprint density at radius 2 is 1.23 bits per heavy atom. The largest absolute Gasteiger partial charge is 0.467 e. The zero-order valence-electron chi connectivity index (χ0n) is 44.5. The Bertz CT molecular complexity index is 2130. The molecule has 4 heterocycles. The van der Waals surface area contributed by atoms with Crippen molar-refractivity contribution < 1.29 is 108 Å². The van der Waals surface area contributed by atoms with Crippen LogP contribution >= 0.6 is 0 Å². The Morgan fingerprint density at radius 3 is 1.91 bits per heavy atom. The van der Waals surface area contributed by atoms with Crippen LogP contribution in [0.5, 0.6) is 0 Å². The van der Waals surface area contributed by atoms with Gasteiger partial charge in [0.15, 0.2) is 31.1 Å². The number of ether oxygens (including phenoxy) is 9. The fraction of sp³-hybridized carbons (Fsp3) is 0.925. The fourth-order valence-electron chi connectivity index (χ4n) is 16.1. The van der Waals surface area contributed by atoms with E-state index in [1.807, 2.05) is 0 Å². The monoisotopic (exact) mass is 1070 g/mol. The van der Waals surface area contributed by atoms with E-state index in [-0.39, 0.29) is 47.5 Å². The van der Waals surface area contributed by atoms with E-state index >= 15 is 4.79 Å². The molecule has 0 bridgehead atoms. The highest BCUT2D eigenvalue weighted by molar-refractivity contribution is 5.80. The third-order valence-electron chi connectivity index (χ3n) is 20.8. The van der Waals surface area contributed by atoms with E-state index in [9.17, 15) is 61.0 Å². The number of fused-ring (bicyclic) bond motifs is 7. The van der Waals surface area contributed by atoms with Crippen LogP contribution in [0.1, 0.15) is 113 Å². The SMILES string of the molecule is COC(=O)[C@H]1O[C@@H](O[C@H]2CC[C@]3(C)[C@H]4CC=C5[C@@H]6CC(C)(C)CC[C@]6(C(=O)O[C@@H]6OC[C@H](O)[C@H](O)[C@H]6O[C@@H]6O[C@@H](C)[C@H](O[C@@H]7OC[C@@H](O)[C@H](O)[C@H]7O)[C@@H](O)[C@H]6O)[C@H](O)C[C@@]5(C)[C@]4(C)CC[C@H]3C2(C)C)[C@H](O)[C@@H](O)[C@@H]1O. The van der Waals surface area contributed by atoms with Crippen molar-refractivity contribution in [3.8, 4) is 0 Å². The van der Waals surface area contributed by atoms with Gasteiger partial charge < -0.3 is 98.8 Å². The van der Waals surface area contributed by atoms with Crippen molar-refractivity contribution in [2.75, 3.05) is 20.3 Å². The lowest BCUT2D eigenvalue weighted by atomic mass is 9.33. The summed E-state index contributed by atoms with van der Waals surface area (Å²) in [6.45, 7) is 16.2. The minimum absolute atomic E-state index is 0.112. The van der Waals surface area contributed by atoms with Crippen molar-refractivity contribution in [2.24, 2.45) is 50.2 Å². The lowest BCUT2D eigenvalue weighted by Crippen LogP contribution is -2.68. The summed E-state index contributed by atoms with van der Waals surface area (Å²) in [6.07, 6.45) is -22.6. The van der Waals surface area contributed by atoms with Gasteiger partial charge in [-0.1, -0.05) is 60.1 Å². The van der Waals surface area contributed by atoms with Crippen LogP contribution in [0.15, 0.2) is 11.6 Å². The van der Waals surface area contributed by atoms with Crippen LogP contribution in [-0.2, 0) is 52.2 Å². The number of hydrogen-bond donors (Lipinski definition) is 11. The van der Waals surface area contributed by atoms with Gasteiger partial charge in [0, 0.05) is 0 Å². The van der Waals surface area contributed by atoms with Crippen LogP contribution in [0.2, 0.25) is 0 Å². The normalized spacial score (nSPS) is 53.4. The predicted octanol–water partition coefficient (Wildman–Crippen LogP) is -0.578. The number of allylic oxidation sites excluding steroid dienone is 2. The molecule has 9 aliphatic rings. The molecule has 75 heavy (non-hydrogen) atoms. The number of aliphatic hydroxyl groups is 11. The Balaban J connectivity index is 0.942. The Hall–Kier alpha value is -2.04. The summed E-state index contributed by atoms with van der Waals surface area (Å²) < 4.78 is 52.3. The third kappa shape index (κ3) is 9.27. The van der Waals surface area contributed by atoms with Gasteiger partial charge in [-0.15, -0.1) is 0 Å². The highest BCUT2D eigenvalue weighted by Gasteiger charge is 2.72. The molecular formula is C53H84O22. The number of rotatable bonds is 9. The first-order chi connectivity index (χ1) is 35.0. The van der Waals surface area contributed by atoms with Crippen LogP contribution in [-0.4, -0.2) is 211 Å². The maximum Gasteiger partial charge on any atom is 0.337 e. The quantitative estimate of drug-likeness (QED) is 0.0782. The summed E-state index contributed by atoms with van der Waals surface area (Å²) in [4.78, 5) is 27.8. The maximum absolute atomic E-state index is 15.3. The van der Waals surface area contributed by atoms with Crippen LogP contribution in [0.25, 0.3) is 0 Å². The van der Waals surface area contributed by atoms with Gasteiger partial charge in [-0.3, -0.25) is 4.79 Å². The molecule has 22 nitrogen and oxygen atoms in total. The highest BCUT2D eigenvalue weighted by Crippen LogP contribution is 2.76. The molecule has 0 amide bonds. The molecule has 0 aromatic heterocycles. The molecule has 0 aromatic rings. The van der Waals surface area contributed by atoms with Crippen molar-refractivity contribution in [3.63, 3.8) is 0 Å². The number of esters is 2. The second kappa shape index (κ2) is 20.5. The van der Waals surface area contributed by atoms with Crippen LogP contribution in [0.3, 0.4) is 0 Å². The number of hydrogen-bond acceptors (Lipinski definition) is 22. The molecule has 9 rings (SSSR count). The zero-order valence-corrected chi connectivity index (χ0v) is 44.5. The summed E-state index contributed by atoms with van der Waals surface area (Å²) in [5.74, 6) is -1.88. The maximum atomic E-state index is 15.3. The Labute approximate surface area is 437 Å². The number of methoxy groups -OCH3 is 1. The van der Waals surface area contributed by atoms with Gasteiger partial charge in [-0.2, -0.15) is 0 Å². The average Bonchev–Trinajstić information content (AvgIpc) is 3.38. The van der Waals surface area contributed by atoms with Gasteiger partial charge >= 0.3 is 11.9 Å². The van der Waals surface area contributed by atoms with Crippen molar-refractivity contribution in [2.45, 2.75) is 236 Å². The first kappa shape index (κ1) is 57.6. The first-order valence-electron chi connectivity index (χ1n) is 27.0. The van der Waals surface area contributed by atoms with E-state index in [4.69, 9.17) is 42.6 Å². The lowest BCUT2D eigenvalue weighted by Gasteiger charge is -2.71. The summed E-state index contributed by atoms with van der Waals surface area (Å²) in [5, 5.41) is 120. The number of carbonyl (C=O) groups is 2. The molecule has 0 unspecified atom stereocenters. The van der Waals surface area contributed by atoms with Crippen molar-refractivity contribution in [1.82, 2.24) is 0 Å². The molecule has 4 saturated carbocycles. The molecule has 22 heteroatoms. The van der Waals surface area contributed by atoms with Crippen molar-refractivity contribution in [1.29, 1.82) is 0 Å². The number of carbonyl (C=O) groups excluding carboxylic acids is 2. The number of aliphatic hydroxyl groups excluding tert-OH is 11. The zero-order chi connectivity index (χ0) is 54.9. The topological polar surface area (TPSA) is 340 Å². The summed E-state index contributed by atoms with van der Waals surface area (Å²) in [5.41, 5.74) is -2.25. The molecule has 4 aliphatic heterocycles. The Morgan fingerprint density at radius 1 is 0.613 bits per heavy atom. The molecule has 27 atom stereocenters. The van der Waals surface area contributed by atoms with E-state index in [1.165, 1.54) is 6.92 Å². The summed E-state index contributed by atoms with van der Waals surface area (Å²) >= 11 is 0. The van der Waals surface area contributed by atoms with Gasteiger partial charge in [0.1, 0.15) is 72.6 Å². The summed E-state index contributed by atoms with van der Waals surface area (Å²) in [6, 6.07) is 0. The molecule has 5 aliphatic carbocycles. The summed E-state index contributed by atoms with van der Waals surface area (Å²) in [7, 11) is 1.14. The van der Waals surface area contributed by atoms with Crippen molar-refractivity contribution in [3.05, 3.63) is 11.6 Å². The van der Waals surface area contributed by atoms with Gasteiger partial charge in [-0.05, 0) is 110 Å². The molecule has 8 fully saturated rings. The van der Waals surface area contributed by atoms with E-state index in [1.54, 1.807) is 0 Å². The van der Waals surface area contributed by atoms with Crippen LogP contribution in [0, 0.1) is 50.2 Å². The van der Waals surface area contributed by atoms with Gasteiger partial charge in [0.05, 0.1) is 38.6 Å². The second-order valence-electron chi connectivity index (χ2n) is 25.7. The van der Waals surface area contributed by atoms with E-state index in [2.05, 4.69) is 54.5 Å². The van der Waals surface area contributed by atoms with Gasteiger partial charge in [0.25, 0.3) is 0 Å². The predicted molar refractivity (Wildman–Crippen MR) is 256 cm³/mol. The molecule has 4 saturated heterocycles. The molecule has 428 valence electrons. The third-order valence-corrected chi connectivity index (χ3v) is 20.8. The average molecular weight is 1070 g/mol. The molecular weight excluding hydrogens is 989 g/mol. The van der Waals surface area contributed by atoms with Gasteiger partial charge in [0.2, 0.25) is 6.29 Å². The molecule has 0 spiro atoms. The second-order valence-corrected chi connectivity index (χ2v) is 25.7. The smallest absolute Gasteiger partial charge is 0.337 e. The molecule has 11 N–H and O–H groups in total. The van der Waals surface area contributed by atoms with Crippen LogP contribution in [0.4, 0.5) is 0 Å².